The van der Waals surface area contributed by atoms with Crippen LogP contribution in [0.3, 0.4) is 0 Å². The van der Waals surface area contributed by atoms with Crippen molar-refractivity contribution in [3.8, 4) is 5.75 Å². The summed E-state index contributed by atoms with van der Waals surface area (Å²) in [7, 11) is 0.0946. The maximum atomic E-state index is 11.1. The number of ether oxygens (including phenoxy) is 1. The number of carboxylic acid groups (broad SMARTS) is 1. The molecule has 3 aromatic carbocycles. The lowest BCUT2D eigenvalue weighted by molar-refractivity contribution is -0.136. The van der Waals surface area contributed by atoms with E-state index in [1.54, 1.807) is 12.1 Å². The minimum absolute atomic E-state index is 0.0138. The summed E-state index contributed by atoms with van der Waals surface area (Å²) in [5.41, 5.74) is 6.15. The fourth-order valence-corrected chi connectivity index (χ4v) is 4.28. The van der Waals surface area contributed by atoms with E-state index >= 15 is 0 Å². The molecule has 7 nitrogen and oxygen atoms in total. The fourth-order valence-electron chi connectivity index (χ4n) is 3.80. The number of carbonyl (C=O) groups is 1. The molecular formula is C28H31NO6S. The zero-order chi connectivity index (χ0) is 26.3. The van der Waals surface area contributed by atoms with E-state index in [1.807, 2.05) is 37.3 Å². The Balaban J connectivity index is 0.000000275. The first kappa shape index (κ1) is 27.1. The molecule has 2 N–H and O–H groups in total. The molecule has 8 heteroatoms. The Morgan fingerprint density at radius 1 is 1.03 bits per heavy atom. The zero-order valence-electron chi connectivity index (χ0n) is 20.6. The quantitative estimate of drug-likeness (QED) is 0.459. The molecule has 0 saturated carbocycles. The highest BCUT2D eigenvalue weighted by atomic mass is 32.2. The average Bonchev–Trinajstić information content (AvgIpc) is 2.96. The van der Waals surface area contributed by atoms with Gasteiger partial charge in [-0.05, 0) is 74.0 Å². The van der Waals surface area contributed by atoms with E-state index in [4.69, 9.17) is 14.4 Å². The number of nitrogens with zero attached hydrogens (tertiary/aromatic N) is 1. The van der Waals surface area contributed by atoms with Crippen molar-refractivity contribution >= 4 is 21.7 Å². The van der Waals surface area contributed by atoms with Crippen molar-refractivity contribution in [2.75, 3.05) is 20.6 Å². The third-order valence-corrected chi connectivity index (χ3v) is 6.49. The number of carboxylic acids is 1. The number of hydrogen-bond acceptors (Lipinski definition) is 5. The Morgan fingerprint density at radius 3 is 2.36 bits per heavy atom. The van der Waals surface area contributed by atoms with Gasteiger partial charge in [0.15, 0.2) is 0 Å². The molecular weight excluding hydrogens is 478 g/mol. The van der Waals surface area contributed by atoms with Gasteiger partial charge in [0.25, 0.3) is 10.1 Å². The number of aliphatic carboxylic acids is 1. The van der Waals surface area contributed by atoms with Gasteiger partial charge in [0.2, 0.25) is 0 Å². The lowest BCUT2D eigenvalue weighted by atomic mass is 9.92. The Morgan fingerprint density at radius 2 is 1.72 bits per heavy atom. The number of benzene rings is 3. The maximum absolute atomic E-state index is 11.1. The molecule has 0 bridgehead atoms. The average molecular weight is 510 g/mol. The summed E-state index contributed by atoms with van der Waals surface area (Å²) in [6.45, 7) is 3.32. The van der Waals surface area contributed by atoms with Gasteiger partial charge in [-0.3, -0.25) is 9.35 Å². The lowest BCUT2D eigenvalue weighted by Crippen LogP contribution is -2.12. The van der Waals surface area contributed by atoms with Crippen LogP contribution in [-0.4, -0.2) is 49.6 Å². The van der Waals surface area contributed by atoms with Crippen molar-refractivity contribution in [3.63, 3.8) is 0 Å². The first-order valence-electron chi connectivity index (χ1n) is 11.5. The second-order valence-corrected chi connectivity index (χ2v) is 10.3. The molecule has 1 aliphatic rings. The third-order valence-electron chi connectivity index (χ3n) is 5.62. The standard InChI is InChI=1S/C21H23NO3.C7H8O3S/c1-22(2)11-5-8-18-17-7-4-3-6-16(17)14-25-20-10-9-15(12-19(18)20)13-21(23)24;1-6-2-4-7(5-3-6)11(8,9)10/h3-4,6-10,12H,5,11,13-14H2,1-2H3,(H,23,24);2-5H,1H3,(H,8,9,10). The lowest BCUT2D eigenvalue weighted by Gasteiger charge is -2.13. The topological polar surface area (TPSA) is 104 Å². The SMILES string of the molecule is CN(C)CCC=C1c2ccccc2COc2ccc(CC(=O)O)cc21.Cc1ccc(S(=O)(=O)O)cc1. The molecule has 0 saturated heterocycles. The van der Waals surface area contributed by atoms with Crippen LogP contribution in [0, 0.1) is 6.92 Å². The van der Waals surface area contributed by atoms with Gasteiger partial charge in [0.1, 0.15) is 12.4 Å². The van der Waals surface area contributed by atoms with Crippen LogP contribution in [-0.2, 0) is 27.9 Å². The van der Waals surface area contributed by atoms with Crippen LogP contribution in [0.4, 0.5) is 0 Å². The smallest absolute Gasteiger partial charge is 0.307 e. The number of hydrogen-bond donors (Lipinski definition) is 2. The molecule has 1 heterocycles. The highest BCUT2D eigenvalue weighted by Crippen LogP contribution is 2.37. The van der Waals surface area contributed by atoms with Gasteiger partial charge in [0.05, 0.1) is 11.3 Å². The van der Waals surface area contributed by atoms with Crippen LogP contribution in [0.15, 0.2) is 77.7 Å². The first-order valence-corrected chi connectivity index (χ1v) is 12.9. The van der Waals surface area contributed by atoms with Gasteiger partial charge < -0.3 is 14.7 Å². The molecule has 0 aliphatic carbocycles. The van der Waals surface area contributed by atoms with E-state index in [0.717, 1.165) is 52.1 Å². The van der Waals surface area contributed by atoms with Crippen molar-refractivity contribution in [2.24, 2.45) is 0 Å². The van der Waals surface area contributed by atoms with E-state index in [2.05, 4.69) is 37.2 Å². The minimum Gasteiger partial charge on any atom is -0.488 e. The molecule has 4 rings (SSSR count). The predicted octanol–water partition coefficient (Wildman–Crippen LogP) is 4.83. The molecule has 0 aromatic heterocycles. The number of aryl methyl sites for hydroxylation is 1. The van der Waals surface area contributed by atoms with E-state index in [9.17, 15) is 13.2 Å². The minimum atomic E-state index is -4.02. The summed E-state index contributed by atoms with van der Waals surface area (Å²) in [5.74, 6) is -0.0190. The molecule has 0 atom stereocenters. The monoisotopic (exact) mass is 509 g/mol. The Kier molecular flexibility index (Phi) is 9.03. The van der Waals surface area contributed by atoms with Crippen molar-refractivity contribution in [3.05, 3.63) is 101 Å². The molecule has 190 valence electrons. The Bertz CT molecular complexity index is 1340. The highest BCUT2D eigenvalue weighted by Gasteiger charge is 2.19. The van der Waals surface area contributed by atoms with Gasteiger partial charge in [0, 0.05) is 12.1 Å². The van der Waals surface area contributed by atoms with Gasteiger partial charge in [-0.1, -0.05) is 54.1 Å². The third kappa shape index (κ3) is 7.52. The summed E-state index contributed by atoms with van der Waals surface area (Å²) < 4.78 is 35.5. The van der Waals surface area contributed by atoms with Gasteiger partial charge in [-0.2, -0.15) is 8.42 Å². The number of rotatable bonds is 6. The second-order valence-electron chi connectivity index (χ2n) is 8.84. The summed E-state index contributed by atoms with van der Waals surface area (Å²) >= 11 is 0. The van der Waals surface area contributed by atoms with Crippen LogP contribution in [0.25, 0.3) is 5.57 Å². The van der Waals surface area contributed by atoms with Crippen molar-refractivity contribution in [1.29, 1.82) is 0 Å². The second kappa shape index (κ2) is 12.0. The summed E-state index contributed by atoms with van der Waals surface area (Å²) in [6, 6.07) is 19.9. The van der Waals surface area contributed by atoms with Crippen LogP contribution >= 0.6 is 0 Å². The fraction of sp³-hybridized carbons (Fsp3) is 0.250. The van der Waals surface area contributed by atoms with Crippen LogP contribution in [0.1, 0.15) is 34.2 Å². The largest absolute Gasteiger partial charge is 0.488 e. The van der Waals surface area contributed by atoms with E-state index in [-0.39, 0.29) is 11.3 Å². The highest BCUT2D eigenvalue weighted by molar-refractivity contribution is 7.85. The number of fused-ring (bicyclic) bond motifs is 2. The molecule has 0 radical (unpaired) electrons. The Hall–Kier alpha value is -3.46. The Labute approximate surface area is 212 Å². The van der Waals surface area contributed by atoms with E-state index in [0.29, 0.717) is 6.61 Å². The molecule has 0 unspecified atom stereocenters. The van der Waals surface area contributed by atoms with Crippen LogP contribution < -0.4 is 4.74 Å². The van der Waals surface area contributed by atoms with E-state index in [1.165, 1.54) is 12.1 Å². The molecule has 1 aliphatic heterocycles. The molecule has 0 amide bonds. The molecule has 36 heavy (non-hydrogen) atoms. The normalized spacial score (nSPS) is 13.6. The predicted molar refractivity (Wildman–Crippen MR) is 140 cm³/mol. The van der Waals surface area contributed by atoms with Gasteiger partial charge in [-0.25, -0.2) is 0 Å². The summed E-state index contributed by atoms with van der Waals surface area (Å²) in [6.07, 6.45) is 3.16. The van der Waals surface area contributed by atoms with Gasteiger partial charge >= 0.3 is 5.97 Å². The summed E-state index contributed by atoms with van der Waals surface area (Å²) in [5, 5.41) is 9.10. The van der Waals surface area contributed by atoms with Crippen molar-refractivity contribution < 1.29 is 27.6 Å². The molecule has 3 aromatic rings. The zero-order valence-corrected chi connectivity index (χ0v) is 21.5. The van der Waals surface area contributed by atoms with Crippen molar-refractivity contribution in [2.45, 2.75) is 31.3 Å². The van der Waals surface area contributed by atoms with Gasteiger partial charge in [-0.15, -0.1) is 0 Å². The summed E-state index contributed by atoms with van der Waals surface area (Å²) in [4.78, 5) is 13.2. The van der Waals surface area contributed by atoms with Crippen LogP contribution in [0.5, 0.6) is 5.75 Å². The van der Waals surface area contributed by atoms with E-state index < -0.39 is 16.1 Å². The molecule has 0 spiro atoms. The molecule has 0 fully saturated rings. The van der Waals surface area contributed by atoms with Crippen LogP contribution in [0.2, 0.25) is 0 Å². The van der Waals surface area contributed by atoms with Crippen molar-refractivity contribution in [1.82, 2.24) is 4.90 Å². The first-order chi connectivity index (χ1) is 17.0. The maximum Gasteiger partial charge on any atom is 0.307 e.